The minimum Gasteiger partial charge on any atom is -0.447 e. The molecule has 0 N–H and O–H groups in total. The van der Waals surface area contributed by atoms with Gasteiger partial charge in [-0.3, -0.25) is 9.69 Å². The third-order valence-electron chi connectivity index (χ3n) is 7.18. The zero-order chi connectivity index (χ0) is 22.5. The standard InChI is InChI=1S/C25H29N5O3/c1-16-15-33-25(32)30(16)22-7-6-19(13-26-22)24(31)29-10-8-28(9-11-29)23-21(18-4-5-18)12-20(14-27-23)17-2-3-17/h6-7,12-14,16-18H,2-5,8-11,15H2,1H3/t16-/m1/s1. The second kappa shape index (κ2) is 8.01. The third-order valence-corrected chi connectivity index (χ3v) is 7.18. The maximum atomic E-state index is 13.1. The zero-order valence-corrected chi connectivity index (χ0v) is 18.9. The molecule has 33 heavy (non-hydrogen) atoms. The van der Waals surface area contributed by atoms with Crippen molar-refractivity contribution < 1.29 is 14.3 Å². The quantitative estimate of drug-likeness (QED) is 0.698. The molecule has 2 aromatic heterocycles. The van der Waals surface area contributed by atoms with E-state index in [2.05, 4.69) is 22.1 Å². The molecule has 2 saturated heterocycles. The van der Waals surface area contributed by atoms with E-state index >= 15 is 0 Å². The summed E-state index contributed by atoms with van der Waals surface area (Å²) >= 11 is 0. The van der Waals surface area contributed by atoms with Gasteiger partial charge in [0, 0.05) is 38.6 Å². The molecule has 4 aliphatic rings. The van der Waals surface area contributed by atoms with Crippen LogP contribution in [0.25, 0.3) is 0 Å². The first-order chi connectivity index (χ1) is 16.1. The molecule has 0 bridgehead atoms. The van der Waals surface area contributed by atoms with Crippen molar-refractivity contribution in [2.24, 2.45) is 0 Å². The van der Waals surface area contributed by atoms with E-state index in [0.717, 1.165) is 24.8 Å². The highest BCUT2D eigenvalue weighted by molar-refractivity contribution is 5.95. The van der Waals surface area contributed by atoms with Crippen LogP contribution in [0.2, 0.25) is 0 Å². The molecule has 8 nitrogen and oxygen atoms in total. The predicted octanol–water partition coefficient (Wildman–Crippen LogP) is 3.54. The summed E-state index contributed by atoms with van der Waals surface area (Å²) in [4.78, 5) is 40.0. The van der Waals surface area contributed by atoms with Gasteiger partial charge in [-0.25, -0.2) is 14.8 Å². The topological polar surface area (TPSA) is 78.9 Å². The number of aromatic nitrogens is 2. The first-order valence-electron chi connectivity index (χ1n) is 12.0. The molecule has 0 spiro atoms. The van der Waals surface area contributed by atoms with Gasteiger partial charge in [-0.05, 0) is 67.7 Å². The Morgan fingerprint density at radius 3 is 2.36 bits per heavy atom. The van der Waals surface area contributed by atoms with Crippen LogP contribution in [0.4, 0.5) is 16.4 Å². The number of carbonyl (C=O) groups is 2. The van der Waals surface area contributed by atoms with Crippen LogP contribution in [0, 0.1) is 0 Å². The Kier molecular flexibility index (Phi) is 4.96. The maximum absolute atomic E-state index is 13.1. The van der Waals surface area contributed by atoms with Gasteiger partial charge < -0.3 is 14.5 Å². The number of hydrogen-bond donors (Lipinski definition) is 0. The fraction of sp³-hybridized carbons (Fsp3) is 0.520. The van der Waals surface area contributed by atoms with Crippen LogP contribution in [0.3, 0.4) is 0 Å². The van der Waals surface area contributed by atoms with Crippen molar-refractivity contribution in [1.29, 1.82) is 0 Å². The van der Waals surface area contributed by atoms with Crippen LogP contribution in [0.5, 0.6) is 0 Å². The Hall–Kier alpha value is -3.16. The summed E-state index contributed by atoms with van der Waals surface area (Å²) in [5.74, 6) is 2.99. The largest absolute Gasteiger partial charge is 0.447 e. The van der Waals surface area contributed by atoms with E-state index in [1.165, 1.54) is 41.7 Å². The van der Waals surface area contributed by atoms with E-state index in [4.69, 9.17) is 9.72 Å². The van der Waals surface area contributed by atoms with Gasteiger partial charge in [-0.1, -0.05) is 6.07 Å². The van der Waals surface area contributed by atoms with E-state index in [-0.39, 0.29) is 11.9 Å². The highest BCUT2D eigenvalue weighted by Crippen LogP contribution is 2.47. The van der Waals surface area contributed by atoms with Gasteiger partial charge >= 0.3 is 6.09 Å². The number of nitrogens with zero attached hydrogens (tertiary/aromatic N) is 5. The Labute approximate surface area is 193 Å². The summed E-state index contributed by atoms with van der Waals surface area (Å²) in [5.41, 5.74) is 3.36. The smallest absolute Gasteiger partial charge is 0.415 e. The highest BCUT2D eigenvalue weighted by atomic mass is 16.6. The lowest BCUT2D eigenvalue weighted by molar-refractivity contribution is 0.0746. The van der Waals surface area contributed by atoms with Crippen molar-refractivity contribution in [3.05, 3.63) is 47.3 Å². The molecule has 1 atom stereocenters. The van der Waals surface area contributed by atoms with Crippen molar-refractivity contribution in [3.63, 3.8) is 0 Å². The molecule has 4 heterocycles. The fourth-order valence-electron chi connectivity index (χ4n) is 4.88. The lowest BCUT2D eigenvalue weighted by Crippen LogP contribution is -2.49. The predicted molar refractivity (Wildman–Crippen MR) is 124 cm³/mol. The molecule has 2 amide bonds. The Morgan fingerprint density at radius 2 is 1.76 bits per heavy atom. The summed E-state index contributed by atoms with van der Waals surface area (Å²) in [6.07, 6.45) is 8.35. The number of hydrogen-bond acceptors (Lipinski definition) is 6. The minimum atomic E-state index is -0.394. The molecule has 2 aliphatic carbocycles. The molecular formula is C25H29N5O3. The average Bonchev–Trinajstić information content (AvgIpc) is 3.77. The Morgan fingerprint density at radius 1 is 1.00 bits per heavy atom. The van der Waals surface area contributed by atoms with Crippen molar-refractivity contribution in [3.8, 4) is 0 Å². The van der Waals surface area contributed by atoms with E-state index in [1.54, 1.807) is 18.3 Å². The summed E-state index contributed by atoms with van der Waals surface area (Å²) in [6.45, 7) is 5.15. The molecule has 2 aliphatic heterocycles. The van der Waals surface area contributed by atoms with Crippen molar-refractivity contribution >= 4 is 23.6 Å². The maximum Gasteiger partial charge on any atom is 0.415 e. The fourth-order valence-corrected chi connectivity index (χ4v) is 4.88. The first-order valence-corrected chi connectivity index (χ1v) is 12.0. The van der Waals surface area contributed by atoms with E-state index < -0.39 is 6.09 Å². The number of carbonyl (C=O) groups excluding carboxylic acids is 2. The number of cyclic esters (lactones) is 1. The zero-order valence-electron chi connectivity index (χ0n) is 18.9. The normalized spacial score (nSPS) is 23.1. The summed E-state index contributed by atoms with van der Waals surface area (Å²) < 4.78 is 5.06. The van der Waals surface area contributed by atoms with Crippen LogP contribution in [-0.2, 0) is 4.74 Å². The highest BCUT2D eigenvalue weighted by Gasteiger charge is 2.34. The second-order valence-corrected chi connectivity index (χ2v) is 9.71. The first kappa shape index (κ1) is 20.4. The SMILES string of the molecule is C[C@@H]1COC(=O)N1c1ccc(C(=O)N2CCN(c3ncc(C4CC4)cc3C3CC3)CC2)cn1. The van der Waals surface area contributed by atoms with Crippen LogP contribution < -0.4 is 9.80 Å². The molecule has 8 heteroatoms. The number of amides is 2. The molecule has 0 aromatic carbocycles. The van der Waals surface area contributed by atoms with Gasteiger partial charge in [-0.15, -0.1) is 0 Å². The van der Waals surface area contributed by atoms with E-state index in [0.29, 0.717) is 37.0 Å². The van der Waals surface area contributed by atoms with Crippen LogP contribution in [-0.4, -0.2) is 65.7 Å². The number of ether oxygens (including phenoxy) is 1. The molecule has 2 aromatic rings. The molecule has 6 rings (SSSR count). The summed E-state index contributed by atoms with van der Waals surface area (Å²) in [5, 5.41) is 0. The lowest BCUT2D eigenvalue weighted by atomic mass is 10.1. The van der Waals surface area contributed by atoms with Crippen LogP contribution in [0.15, 0.2) is 30.6 Å². The second-order valence-electron chi connectivity index (χ2n) is 9.71. The van der Waals surface area contributed by atoms with Gasteiger partial charge in [0.25, 0.3) is 5.91 Å². The number of piperazine rings is 1. The Bertz CT molecular complexity index is 1070. The molecular weight excluding hydrogens is 418 g/mol. The van der Waals surface area contributed by atoms with Gasteiger partial charge in [-0.2, -0.15) is 0 Å². The van der Waals surface area contributed by atoms with Gasteiger partial charge in [0.2, 0.25) is 0 Å². The average molecular weight is 448 g/mol. The van der Waals surface area contributed by atoms with Crippen molar-refractivity contribution in [2.75, 3.05) is 42.6 Å². The number of pyridine rings is 2. The molecule has 0 unspecified atom stereocenters. The van der Waals surface area contributed by atoms with E-state index in [1.807, 2.05) is 11.8 Å². The van der Waals surface area contributed by atoms with Crippen LogP contribution in [0.1, 0.15) is 65.9 Å². The van der Waals surface area contributed by atoms with Crippen LogP contribution >= 0.6 is 0 Å². The van der Waals surface area contributed by atoms with Gasteiger partial charge in [0.1, 0.15) is 18.2 Å². The Balaban J connectivity index is 1.11. The van der Waals surface area contributed by atoms with E-state index in [9.17, 15) is 9.59 Å². The van der Waals surface area contributed by atoms with Gasteiger partial charge in [0.15, 0.2) is 0 Å². The van der Waals surface area contributed by atoms with Crippen molar-refractivity contribution in [2.45, 2.75) is 50.5 Å². The molecule has 172 valence electrons. The third kappa shape index (κ3) is 3.92. The monoisotopic (exact) mass is 447 g/mol. The minimum absolute atomic E-state index is 0.0230. The van der Waals surface area contributed by atoms with Gasteiger partial charge in [0.05, 0.1) is 11.6 Å². The summed E-state index contributed by atoms with van der Waals surface area (Å²) in [6, 6.07) is 5.81. The molecule has 4 fully saturated rings. The molecule has 0 radical (unpaired) electrons. The number of anilines is 2. The van der Waals surface area contributed by atoms with Crippen molar-refractivity contribution in [1.82, 2.24) is 14.9 Å². The number of rotatable bonds is 5. The lowest BCUT2D eigenvalue weighted by Gasteiger charge is -2.36. The summed E-state index contributed by atoms with van der Waals surface area (Å²) in [7, 11) is 0. The molecule has 2 saturated carbocycles.